The van der Waals surface area contributed by atoms with Gasteiger partial charge in [-0.25, -0.2) is 0 Å². The van der Waals surface area contributed by atoms with Gasteiger partial charge in [-0.2, -0.15) is 0 Å². The van der Waals surface area contributed by atoms with E-state index in [1.807, 2.05) is 0 Å². The van der Waals surface area contributed by atoms with Gasteiger partial charge in [0, 0.05) is 30.9 Å². The van der Waals surface area contributed by atoms with E-state index in [2.05, 4.69) is 65.4 Å². The van der Waals surface area contributed by atoms with E-state index in [-0.39, 0.29) is 0 Å². The van der Waals surface area contributed by atoms with Gasteiger partial charge >= 0.3 is 0 Å². The molecule has 1 saturated heterocycles. The lowest BCUT2D eigenvalue weighted by Crippen LogP contribution is -2.56. The van der Waals surface area contributed by atoms with Crippen LogP contribution in [-0.4, -0.2) is 24.3 Å². The second-order valence-electron chi connectivity index (χ2n) is 8.92. The lowest BCUT2D eigenvalue weighted by Gasteiger charge is -2.47. The van der Waals surface area contributed by atoms with Crippen LogP contribution in [0, 0.1) is 6.92 Å². The van der Waals surface area contributed by atoms with Gasteiger partial charge in [0.05, 0.1) is 11.2 Å². The molecule has 0 radical (unpaired) electrons. The third kappa shape index (κ3) is 2.15. The summed E-state index contributed by atoms with van der Waals surface area (Å²) in [6, 6.07) is 4.77. The van der Waals surface area contributed by atoms with Crippen molar-refractivity contribution in [2.24, 2.45) is 4.99 Å². The number of benzene rings is 1. The molecule has 0 saturated carbocycles. The fourth-order valence-corrected chi connectivity index (χ4v) is 5.87. The number of quaternary nitrogens is 1. The van der Waals surface area contributed by atoms with Crippen molar-refractivity contribution >= 4 is 18.1 Å². The fourth-order valence-electron chi connectivity index (χ4n) is 5.87. The van der Waals surface area contributed by atoms with Crippen LogP contribution < -0.4 is 4.48 Å². The zero-order valence-electron chi connectivity index (χ0n) is 16.6. The Labute approximate surface area is 148 Å². The van der Waals surface area contributed by atoms with Gasteiger partial charge in [0.15, 0.2) is 5.54 Å². The Morgan fingerprint density at radius 1 is 1.29 bits per heavy atom. The summed E-state index contributed by atoms with van der Waals surface area (Å²) in [7, 11) is 0. The Kier molecular flexibility index (Phi) is 4.19. The van der Waals surface area contributed by atoms with Crippen LogP contribution in [0.15, 0.2) is 17.1 Å². The maximum atomic E-state index is 4.27. The molecule has 2 nitrogen and oxygen atoms in total. The quantitative estimate of drug-likeness (QED) is 0.343. The fraction of sp³-hybridized carbons (Fsp3) is 0.682. The van der Waals surface area contributed by atoms with Gasteiger partial charge in [0.2, 0.25) is 0 Å². The normalized spacial score (nSPS) is 33.3. The minimum Gasteiger partial charge on any atom is -0.272 e. The predicted molar refractivity (Wildman–Crippen MR) is 107 cm³/mol. The first kappa shape index (κ1) is 17.7. The first-order chi connectivity index (χ1) is 11.3. The van der Waals surface area contributed by atoms with Crippen LogP contribution in [0.2, 0.25) is 0 Å². The summed E-state index contributed by atoms with van der Waals surface area (Å²) in [6.45, 7) is 19.4. The highest BCUT2D eigenvalue weighted by atomic mass is 15.6. The highest BCUT2D eigenvalue weighted by Gasteiger charge is 2.76. The van der Waals surface area contributed by atoms with Crippen LogP contribution in [0.1, 0.15) is 83.8 Å². The second-order valence-corrected chi connectivity index (χ2v) is 8.92. The van der Waals surface area contributed by atoms with Crippen LogP contribution in [0.4, 0.5) is 11.4 Å². The lowest BCUT2D eigenvalue weighted by molar-refractivity contribution is 0.171. The minimum atomic E-state index is 0.311. The molecule has 2 heterocycles. The Balaban J connectivity index is 2.19. The standard InChI is InChI=1S/C22H35N2/c1-8-10-11-22(9-2)15-24(22)20-12-16(3)19(23-7)13-18(20)17(4)14-21(24,5)6/h12-13,17H,7-11,14-15H2,1-6H3/q+1. The molecule has 1 aromatic rings. The molecule has 0 N–H and O–H groups in total. The maximum Gasteiger partial charge on any atom is 0.154 e. The predicted octanol–water partition coefficient (Wildman–Crippen LogP) is 6.27. The first-order valence-electron chi connectivity index (χ1n) is 9.78. The molecular weight excluding hydrogens is 292 g/mol. The van der Waals surface area contributed by atoms with Crippen LogP contribution in [0.25, 0.3) is 0 Å². The number of hydrogen-bond donors (Lipinski definition) is 0. The van der Waals surface area contributed by atoms with Gasteiger partial charge in [-0.1, -0.05) is 27.2 Å². The summed E-state index contributed by atoms with van der Waals surface area (Å²) in [5.74, 6) is 0.598. The smallest absolute Gasteiger partial charge is 0.154 e. The van der Waals surface area contributed by atoms with E-state index in [0.29, 0.717) is 17.0 Å². The topological polar surface area (TPSA) is 12.4 Å². The van der Waals surface area contributed by atoms with Gasteiger partial charge in [0.25, 0.3) is 0 Å². The Bertz CT molecular complexity index is 660. The van der Waals surface area contributed by atoms with E-state index >= 15 is 0 Å². The highest BCUT2D eigenvalue weighted by molar-refractivity contribution is 5.69. The Morgan fingerprint density at radius 3 is 2.58 bits per heavy atom. The lowest BCUT2D eigenvalue weighted by atomic mass is 9.78. The molecule has 0 aliphatic carbocycles. The number of rotatable bonds is 5. The summed E-state index contributed by atoms with van der Waals surface area (Å²) in [6.07, 6.45) is 6.54. The average Bonchev–Trinajstić information content (AvgIpc) is 3.22. The van der Waals surface area contributed by atoms with Crippen molar-refractivity contribution in [2.75, 3.05) is 6.54 Å². The highest BCUT2D eigenvalue weighted by Crippen LogP contribution is 2.64. The number of unbranched alkanes of at least 4 members (excludes halogenated alkanes) is 1. The summed E-state index contributed by atoms with van der Waals surface area (Å²) in [5, 5.41) is 0. The van der Waals surface area contributed by atoms with Crippen LogP contribution in [0.3, 0.4) is 0 Å². The van der Waals surface area contributed by atoms with E-state index in [1.54, 1.807) is 5.69 Å². The van der Waals surface area contributed by atoms with Crippen molar-refractivity contribution in [3.8, 4) is 0 Å². The number of aliphatic imine (C=N–C) groups is 1. The molecule has 1 aromatic carbocycles. The van der Waals surface area contributed by atoms with Gasteiger partial charge in [-0.05, 0) is 51.5 Å². The minimum absolute atomic E-state index is 0.311. The van der Waals surface area contributed by atoms with E-state index in [4.69, 9.17) is 0 Å². The van der Waals surface area contributed by atoms with Gasteiger partial charge in [-0.3, -0.25) is 9.48 Å². The molecule has 3 unspecified atom stereocenters. The summed E-state index contributed by atoms with van der Waals surface area (Å²) < 4.78 is 1.20. The average molecular weight is 328 g/mol. The van der Waals surface area contributed by atoms with Gasteiger partial charge < -0.3 is 0 Å². The third-order valence-electron chi connectivity index (χ3n) is 7.19. The van der Waals surface area contributed by atoms with Crippen molar-refractivity contribution in [2.45, 2.75) is 90.6 Å². The first-order valence-corrected chi connectivity index (χ1v) is 9.78. The van der Waals surface area contributed by atoms with E-state index < -0.39 is 0 Å². The maximum absolute atomic E-state index is 4.27. The monoisotopic (exact) mass is 327 g/mol. The van der Waals surface area contributed by atoms with Crippen molar-refractivity contribution in [1.82, 2.24) is 4.48 Å². The third-order valence-corrected chi connectivity index (χ3v) is 7.19. The molecule has 1 spiro atoms. The van der Waals surface area contributed by atoms with Crippen molar-refractivity contribution in [1.29, 1.82) is 0 Å². The zero-order valence-corrected chi connectivity index (χ0v) is 16.6. The van der Waals surface area contributed by atoms with Crippen molar-refractivity contribution in [3.05, 3.63) is 23.3 Å². The molecule has 24 heavy (non-hydrogen) atoms. The molecule has 3 rings (SSSR count). The van der Waals surface area contributed by atoms with E-state index in [1.165, 1.54) is 54.3 Å². The van der Waals surface area contributed by atoms with E-state index in [0.717, 1.165) is 5.69 Å². The molecule has 0 amide bonds. The van der Waals surface area contributed by atoms with Gasteiger partial charge in [0.1, 0.15) is 12.2 Å². The van der Waals surface area contributed by atoms with Crippen molar-refractivity contribution in [3.63, 3.8) is 0 Å². The largest absolute Gasteiger partial charge is 0.272 e. The van der Waals surface area contributed by atoms with E-state index in [9.17, 15) is 0 Å². The molecular formula is C22H35N2+. The SMILES string of the molecule is C=Nc1cc2c(cc1C)[N+]1(CC1(CC)CCCC)C(C)(C)CC2C. The van der Waals surface area contributed by atoms with Crippen LogP contribution >= 0.6 is 0 Å². The Hall–Kier alpha value is -1.15. The summed E-state index contributed by atoms with van der Waals surface area (Å²) in [5.41, 5.74) is 6.21. The Morgan fingerprint density at radius 2 is 2.00 bits per heavy atom. The molecule has 2 aliphatic heterocycles. The molecule has 0 aromatic heterocycles. The molecule has 2 heteroatoms. The number of aryl methyl sites for hydroxylation is 1. The number of fused-ring (bicyclic) bond motifs is 2. The number of nitrogens with zero attached hydrogens (tertiary/aromatic N) is 2. The van der Waals surface area contributed by atoms with Crippen molar-refractivity contribution < 1.29 is 0 Å². The van der Waals surface area contributed by atoms with Gasteiger partial charge in [-0.15, -0.1) is 0 Å². The molecule has 0 bridgehead atoms. The zero-order chi connectivity index (χ0) is 17.8. The molecule has 2 aliphatic rings. The summed E-state index contributed by atoms with van der Waals surface area (Å²) >= 11 is 0. The molecule has 132 valence electrons. The molecule has 1 fully saturated rings. The number of hydrogen-bond acceptors (Lipinski definition) is 1. The summed E-state index contributed by atoms with van der Waals surface area (Å²) in [4.78, 5) is 4.27. The van der Waals surface area contributed by atoms with Crippen LogP contribution in [0.5, 0.6) is 0 Å². The molecule has 3 atom stereocenters. The van der Waals surface area contributed by atoms with Crippen LogP contribution in [-0.2, 0) is 0 Å². The second kappa shape index (κ2) is 5.69.